The number of fused-ring (bicyclic) bond motifs is 1. The van der Waals surface area contributed by atoms with Gasteiger partial charge in [-0.1, -0.05) is 19.1 Å². The molecule has 0 amide bonds. The predicted octanol–water partition coefficient (Wildman–Crippen LogP) is 5.74. The molecule has 10 heteroatoms. The fraction of sp³-hybridized carbons (Fsp3) is 0.148. The SMILES string of the molecule is CCc1ccc(Nc2ccc(C(=O)c3c[nH]c4ncnc(NC(C)c5ccc(F)cc5)c34)c(F)n2)cn1. The van der Waals surface area contributed by atoms with Crippen molar-refractivity contribution in [2.75, 3.05) is 10.6 Å². The molecular formula is C27H23F2N7O. The fourth-order valence-corrected chi connectivity index (χ4v) is 3.97. The quantitative estimate of drug-likeness (QED) is 0.185. The number of hydrogen-bond donors (Lipinski definition) is 3. The molecule has 4 heterocycles. The lowest BCUT2D eigenvalue weighted by Gasteiger charge is -2.16. The molecule has 3 N–H and O–H groups in total. The fourth-order valence-electron chi connectivity index (χ4n) is 3.97. The highest BCUT2D eigenvalue weighted by molar-refractivity contribution is 6.18. The first-order valence-electron chi connectivity index (χ1n) is 11.7. The number of hydrogen-bond acceptors (Lipinski definition) is 7. The zero-order chi connectivity index (χ0) is 25.9. The number of halogens is 2. The van der Waals surface area contributed by atoms with Crippen LogP contribution in [0.5, 0.6) is 0 Å². The Labute approximate surface area is 211 Å². The first-order chi connectivity index (χ1) is 17.9. The van der Waals surface area contributed by atoms with E-state index < -0.39 is 11.7 Å². The largest absolute Gasteiger partial charge is 0.363 e. The minimum atomic E-state index is -0.909. The van der Waals surface area contributed by atoms with E-state index in [0.29, 0.717) is 22.5 Å². The lowest BCUT2D eigenvalue weighted by Crippen LogP contribution is -2.11. The number of pyridine rings is 2. The van der Waals surface area contributed by atoms with E-state index in [-0.39, 0.29) is 28.8 Å². The number of anilines is 3. The Balaban J connectivity index is 1.42. The maximum absolute atomic E-state index is 15.0. The van der Waals surface area contributed by atoms with Gasteiger partial charge in [0.2, 0.25) is 5.95 Å². The van der Waals surface area contributed by atoms with Crippen LogP contribution in [-0.4, -0.2) is 30.7 Å². The average Bonchev–Trinajstić information content (AvgIpc) is 3.34. The summed E-state index contributed by atoms with van der Waals surface area (Å²) in [4.78, 5) is 33.0. The second kappa shape index (κ2) is 10.1. The van der Waals surface area contributed by atoms with Crippen LogP contribution in [0.25, 0.3) is 11.0 Å². The molecule has 0 aliphatic rings. The van der Waals surface area contributed by atoms with E-state index in [1.54, 1.807) is 18.3 Å². The minimum Gasteiger partial charge on any atom is -0.363 e. The molecule has 0 radical (unpaired) electrons. The van der Waals surface area contributed by atoms with Gasteiger partial charge in [-0.25, -0.2) is 19.3 Å². The van der Waals surface area contributed by atoms with Crippen LogP contribution < -0.4 is 10.6 Å². The molecule has 0 fully saturated rings. The van der Waals surface area contributed by atoms with Crippen LogP contribution in [0.4, 0.5) is 26.1 Å². The number of carbonyl (C=O) groups excluding carboxylic acids is 1. The molecule has 0 bridgehead atoms. The highest BCUT2D eigenvalue weighted by Crippen LogP contribution is 2.29. The van der Waals surface area contributed by atoms with Crippen molar-refractivity contribution < 1.29 is 13.6 Å². The van der Waals surface area contributed by atoms with Crippen molar-refractivity contribution in [1.29, 1.82) is 0 Å². The van der Waals surface area contributed by atoms with Gasteiger partial charge in [0, 0.05) is 17.9 Å². The topological polar surface area (TPSA) is 108 Å². The van der Waals surface area contributed by atoms with E-state index in [9.17, 15) is 9.18 Å². The molecule has 186 valence electrons. The molecule has 0 aliphatic carbocycles. The van der Waals surface area contributed by atoms with Gasteiger partial charge in [0.1, 0.15) is 29.4 Å². The van der Waals surface area contributed by atoms with Crippen molar-refractivity contribution in [2.45, 2.75) is 26.3 Å². The maximum atomic E-state index is 15.0. The smallest absolute Gasteiger partial charge is 0.226 e. The van der Waals surface area contributed by atoms with Gasteiger partial charge < -0.3 is 15.6 Å². The number of aryl methyl sites for hydroxylation is 1. The van der Waals surface area contributed by atoms with Gasteiger partial charge in [-0.15, -0.1) is 0 Å². The number of benzene rings is 1. The molecule has 0 saturated heterocycles. The monoisotopic (exact) mass is 499 g/mol. The second-order valence-corrected chi connectivity index (χ2v) is 8.45. The molecule has 0 aliphatic heterocycles. The van der Waals surface area contributed by atoms with Crippen molar-refractivity contribution in [3.8, 4) is 0 Å². The summed E-state index contributed by atoms with van der Waals surface area (Å²) >= 11 is 0. The van der Waals surface area contributed by atoms with Crippen molar-refractivity contribution in [2.24, 2.45) is 0 Å². The number of ketones is 1. The van der Waals surface area contributed by atoms with Crippen LogP contribution in [0.15, 0.2) is 67.3 Å². The third-order valence-electron chi connectivity index (χ3n) is 5.99. The summed E-state index contributed by atoms with van der Waals surface area (Å²) in [6.45, 7) is 3.89. The molecular weight excluding hydrogens is 476 g/mol. The van der Waals surface area contributed by atoms with Crippen molar-refractivity contribution in [1.82, 2.24) is 24.9 Å². The molecule has 1 unspecified atom stereocenters. The summed E-state index contributed by atoms with van der Waals surface area (Å²) in [5.41, 5.74) is 2.85. The van der Waals surface area contributed by atoms with E-state index in [4.69, 9.17) is 0 Å². The first-order valence-corrected chi connectivity index (χ1v) is 11.7. The zero-order valence-electron chi connectivity index (χ0n) is 20.1. The van der Waals surface area contributed by atoms with Gasteiger partial charge in [-0.3, -0.25) is 9.78 Å². The number of nitrogens with one attached hydrogen (secondary N) is 3. The van der Waals surface area contributed by atoms with Crippen LogP contribution >= 0.6 is 0 Å². The van der Waals surface area contributed by atoms with Gasteiger partial charge in [-0.2, -0.15) is 4.39 Å². The Morgan fingerprint density at radius 3 is 2.51 bits per heavy atom. The van der Waals surface area contributed by atoms with Crippen molar-refractivity contribution >= 4 is 34.1 Å². The number of aromatic amines is 1. The minimum absolute atomic E-state index is 0.188. The van der Waals surface area contributed by atoms with E-state index in [1.807, 2.05) is 26.0 Å². The number of nitrogens with zero attached hydrogens (tertiary/aromatic N) is 4. The molecule has 5 rings (SSSR count). The highest BCUT2D eigenvalue weighted by atomic mass is 19.1. The summed E-state index contributed by atoms with van der Waals surface area (Å²) < 4.78 is 28.3. The van der Waals surface area contributed by atoms with Crippen LogP contribution in [0.3, 0.4) is 0 Å². The van der Waals surface area contributed by atoms with Gasteiger partial charge >= 0.3 is 0 Å². The van der Waals surface area contributed by atoms with Gasteiger partial charge in [0.05, 0.1) is 28.4 Å². The van der Waals surface area contributed by atoms with E-state index >= 15 is 4.39 Å². The number of H-pyrrole nitrogens is 1. The zero-order valence-corrected chi connectivity index (χ0v) is 20.1. The van der Waals surface area contributed by atoms with Crippen LogP contribution in [-0.2, 0) is 6.42 Å². The second-order valence-electron chi connectivity index (χ2n) is 8.45. The van der Waals surface area contributed by atoms with E-state index in [2.05, 4.69) is 35.6 Å². The third-order valence-corrected chi connectivity index (χ3v) is 5.99. The Hall–Kier alpha value is -4.73. The molecule has 1 aromatic carbocycles. The lowest BCUT2D eigenvalue weighted by atomic mass is 10.0. The van der Waals surface area contributed by atoms with Crippen molar-refractivity contribution in [3.63, 3.8) is 0 Å². The van der Waals surface area contributed by atoms with Crippen LogP contribution in [0, 0.1) is 11.8 Å². The lowest BCUT2D eigenvalue weighted by molar-refractivity contribution is 0.103. The van der Waals surface area contributed by atoms with Crippen LogP contribution in [0.2, 0.25) is 0 Å². The first kappa shape index (κ1) is 24.0. The Morgan fingerprint density at radius 2 is 1.81 bits per heavy atom. The van der Waals surface area contributed by atoms with Crippen LogP contribution in [0.1, 0.15) is 47.1 Å². The molecule has 37 heavy (non-hydrogen) atoms. The maximum Gasteiger partial charge on any atom is 0.226 e. The summed E-state index contributed by atoms with van der Waals surface area (Å²) in [7, 11) is 0. The molecule has 4 aromatic heterocycles. The molecule has 0 saturated carbocycles. The average molecular weight is 500 g/mol. The summed E-state index contributed by atoms with van der Waals surface area (Å²) in [6, 6.07) is 12.5. The van der Waals surface area contributed by atoms with Gasteiger partial charge in [0.25, 0.3) is 0 Å². The normalized spacial score (nSPS) is 11.9. The summed E-state index contributed by atoms with van der Waals surface area (Å²) in [6.07, 6.45) is 5.29. The third kappa shape index (κ3) is 4.99. The summed E-state index contributed by atoms with van der Waals surface area (Å²) in [5.74, 6) is -1.17. The van der Waals surface area contributed by atoms with Crippen molar-refractivity contribution in [3.05, 3.63) is 101 Å². The van der Waals surface area contributed by atoms with E-state index in [1.165, 1.54) is 36.8 Å². The van der Waals surface area contributed by atoms with Gasteiger partial charge in [-0.05, 0) is 55.3 Å². The molecule has 0 spiro atoms. The summed E-state index contributed by atoms with van der Waals surface area (Å²) in [5, 5.41) is 6.65. The Morgan fingerprint density at radius 1 is 1.00 bits per heavy atom. The number of aromatic nitrogens is 5. The number of carbonyl (C=O) groups is 1. The Kier molecular flexibility index (Phi) is 6.55. The molecule has 8 nitrogen and oxygen atoms in total. The molecule has 5 aromatic rings. The Bertz CT molecular complexity index is 1570. The molecule has 1 atom stereocenters. The predicted molar refractivity (Wildman–Crippen MR) is 137 cm³/mol. The van der Waals surface area contributed by atoms with E-state index in [0.717, 1.165) is 17.7 Å². The van der Waals surface area contributed by atoms with Gasteiger partial charge in [0.15, 0.2) is 5.78 Å². The highest BCUT2D eigenvalue weighted by Gasteiger charge is 2.23. The standard InChI is InChI=1S/C27H23F2N7O/c1-3-18-8-9-19(12-30-18)35-22-11-10-20(25(29)36-22)24(37)21-13-31-26-23(21)27(33-14-32-26)34-15(2)16-4-6-17(28)7-5-16/h4-15H,3H2,1-2H3,(H,35,36)(H2,31,32,33,34). The number of rotatable bonds is 8.